The molecule has 0 saturated heterocycles. The van der Waals surface area contributed by atoms with Gasteiger partial charge in [0.25, 0.3) is 0 Å². The van der Waals surface area contributed by atoms with E-state index in [-0.39, 0.29) is 0 Å². The highest BCUT2D eigenvalue weighted by Gasteiger charge is 2.23. The van der Waals surface area contributed by atoms with E-state index < -0.39 is 0 Å². The highest BCUT2D eigenvalue weighted by Crippen LogP contribution is 2.43. The molecule has 0 amide bonds. The van der Waals surface area contributed by atoms with E-state index in [2.05, 4.69) is 47.5 Å². The first-order valence-corrected chi connectivity index (χ1v) is 7.28. The fraction of sp³-hybridized carbons (Fsp3) is 0.0500. The van der Waals surface area contributed by atoms with Gasteiger partial charge in [0, 0.05) is 22.9 Å². The van der Waals surface area contributed by atoms with Crippen molar-refractivity contribution in [2.75, 3.05) is 7.11 Å². The number of nitrogens with zero attached hydrogens (tertiary/aromatic N) is 1. The predicted octanol–water partition coefficient (Wildman–Crippen LogP) is 4.66. The molecular weight excluding hydrogens is 270 g/mol. The fourth-order valence-electron chi connectivity index (χ4n) is 3.00. The van der Waals surface area contributed by atoms with Gasteiger partial charge in [0.05, 0.1) is 12.8 Å². The number of aromatic nitrogens is 1. The summed E-state index contributed by atoms with van der Waals surface area (Å²) >= 11 is 0. The van der Waals surface area contributed by atoms with Gasteiger partial charge in [-0.2, -0.15) is 0 Å². The van der Waals surface area contributed by atoms with Gasteiger partial charge >= 0.3 is 0 Å². The van der Waals surface area contributed by atoms with Crippen LogP contribution >= 0.6 is 0 Å². The quantitative estimate of drug-likeness (QED) is 0.534. The van der Waals surface area contributed by atoms with Crippen LogP contribution in [-0.4, -0.2) is 12.1 Å². The van der Waals surface area contributed by atoms with E-state index in [9.17, 15) is 0 Å². The molecule has 3 aromatic rings. The van der Waals surface area contributed by atoms with Gasteiger partial charge in [-0.05, 0) is 29.3 Å². The van der Waals surface area contributed by atoms with E-state index in [1.807, 2.05) is 30.5 Å². The van der Waals surface area contributed by atoms with Crippen molar-refractivity contribution in [3.8, 4) is 17.0 Å². The maximum Gasteiger partial charge on any atom is 0.126 e. The number of para-hydroxylation sites is 1. The highest BCUT2D eigenvalue weighted by atomic mass is 16.5. The fourth-order valence-corrected chi connectivity index (χ4v) is 3.00. The Bertz CT molecular complexity index is 833. The number of methoxy groups -OCH3 is 1. The average Bonchev–Trinajstić information content (AvgIpc) is 2.90. The highest BCUT2D eigenvalue weighted by molar-refractivity contribution is 6.05. The lowest BCUT2D eigenvalue weighted by atomic mass is 10.0. The molecule has 0 atom stereocenters. The van der Waals surface area contributed by atoms with Gasteiger partial charge in [0.15, 0.2) is 0 Å². The zero-order chi connectivity index (χ0) is 14.9. The van der Waals surface area contributed by atoms with E-state index >= 15 is 0 Å². The minimum Gasteiger partial charge on any atom is -0.496 e. The van der Waals surface area contributed by atoms with Crippen LogP contribution in [0.3, 0.4) is 0 Å². The normalized spacial score (nSPS) is 13.8. The molecule has 2 heteroatoms. The largest absolute Gasteiger partial charge is 0.496 e. The number of fused-ring (bicyclic) bond motifs is 3. The van der Waals surface area contributed by atoms with Crippen LogP contribution in [0.25, 0.3) is 22.9 Å². The average molecular weight is 285 g/mol. The van der Waals surface area contributed by atoms with Crippen molar-refractivity contribution in [3.63, 3.8) is 0 Å². The van der Waals surface area contributed by atoms with E-state index in [0.717, 1.165) is 17.0 Å². The van der Waals surface area contributed by atoms with Crippen molar-refractivity contribution in [3.05, 3.63) is 83.6 Å². The van der Waals surface area contributed by atoms with E-state index in [0.29, 0.717) is 0 Å². The summed E-state index contributed by atoms with van der Waals surface area (Å²) in [6.45, 7) is 0. The number of benzene rings is 2. The molecule has 2 aromatic carbocycles. The Morgan fingerprint density at radius 2 is 1.55 bits per heavy atom. The van der Waals surface area contributed by atoms with Gasteiger partial charge in [-0.3, -0.25) is 4.98 Å². The van der Waals surface area contributed by atoms with Crippen LogP contribution in [-0.2, 0) is 0 Å². The summed E-state index contributed by atoms with van der Waals surface area (Å²) in [7, 11) is 1.70. The summed E-state index contributed by atoms with van der Waals surface area (Å²) in [4.78, 5) is 4.56. The first-order chi connectivity index (χ1) is 10.9. The van der Waals surface area contributed by atoms with Gasteiger partial charge in [-0.1, -0.05) is 48.5 Å². The summed E-state index contributed by atoms with van der Waals surface area (Å²) in [5.74, 6) is 0.879. The van der Waals surface area contributed by atoms with Crippen molar-refractivity contribution >= 4 is 11.6 Å². The Kier molecular flexibility index (Phi) is 3.01. The molecule has 0 saturated carbocycles. The topological polar surface area (TPSA) is 22.1 Å². The predicted molar refractivity (Wildman–Crippen MR) is 89.6 cm³/mol. The maximum atomic E-state index is 5.47. The van der Waals surface area contributed by atoms with Crippen LogP contribution in [0.2, 0.25) is 0 Å². The smallest absolute Gasteiger partial charge is 0.126 e. The molecule has 0 unspecified atom stereocenters. The zero-order valence-corrected chi connectivity index (χ0v) is 12.3. The minimum absolute atomic E-state index is 0.879. The lowest BCUT2D eigenvalue weighted by Gasteiger charge is -2.07. The van der Waals surface area contributed by atoms with E-state index in [1.165, 1.54) is 22.3 Å². The molecule has 0 fully saturated rings. The Morgan fingerprint density at radius 1 is 0.818 bits per heavy atom. The second kappa shape index (κ2) is 5.15. The van der Waals surface area contributed by atoms with E-state index in [4.69, 9.17) is 4.74 Å². The summed E-state index contributed by atoms with van der Waals surface area (Å²) in [6, 6.07) is 20.6. The van der Waals surface area contributed by atoms with Crippen LogP contribution < -0.4 is 4.74 Å². The number of pyridine rings is 1. The van der Waals surface area contributed by atoms with Crippen molar-refractivity contribution in [2.45, 2.75) is 0 Å². The molecular formula is C20H15NO. The molecule has 0 N–H and O–H groups in total. The Hall–Kier alpha value is -2.87. The van der Waals surface area contributed by atoms with Gasteiger partial charge in [0.2, 0.25) is 0 Å². The van der Waals surface area contributed by atoms with Crippen LogP contribution in [0.4, 0.5) is 0 Å². The van der Waals surface area contributed by atoms with Crippen LogP contribution in [0.1, 0.15) is 16.7 Å². The zero-order valence-electron chi connectivity index (χ0n) is 12.3. The van der Waals surface area contributed by atoms with Crippen molar-refractivity contribution in [1.82, 2.24) is 4.98 Å². The molecule has 1 heterocycles. The summed E-state index contributed by atoms with van der Waals surface area (Å²) in [6.07, 6.45) is 4.03. The number of hydrogen-bond acceptors (Lipinski definition) is 2. The summed E-state index contributed by atoms with van der Waals surface area (Å²) in [5, 5.41) is 0. The first kappa shape index (κ1) is 12.8. The molecule has 0 aliphatic heterocycles. The molecule has 22 heavy (non-hydrogen) atoms. The lowest BCUT2D eigenvalue weighted by molar-refractivity contribution is 0.414. The van der Waals surface area contributed by atoms with Gasteiger partial charge in [-0.15, -0.1) is 0 Å². The maximum absolute atomic E-state index is 5.47. The minimum atomic E-state index is 0.879. The molecule has 0 spiro atoms. The molecule has 0 radical (unpaired) electrons. The third kappa shape index (κ3) is 1.92. The number of ether oxygens (including phenoxy) is 1. The molecule has 1 aliphatic carbocycles. The second-order valence-corrected chi connectivity index (χ2v) is 5.25. The molecule has 106 valence electrons. The standard InChI is InChI=1S/C20H15NO/c1-22-19-11-5-2-7-14(19)13-18-15-8-3-4-9-16(15)20-17(18)10-6-12-21-20/h2-13H,1H3. The number of rotatable bonds is 2. The molecule has 2 nitrogen and oxygen atoms in total. The van der Waals surface area contributed by atoms with Crippen LogP contribution in [0.5, 0.6) is 5.75 Å². The Balaban J connectivity index is 1.97. The van der Waals surface area contributed by atoms with Crippen LogP contribution in [0.15, 0.2) is 66.9 Å². The monoisotopic (exact) mass is 285 g/mol. The van der Waals surface area contributed by atoms with Gasteiger partial charge in [-0.25, -0.2) is 0 Å². The third-order valence-corrected chi connectivity index (χ3v) is 4.01. The van der Waals surface area contributed by atoms with Gasteiger partial charge < -0.3 is 4.74 Å². The van der Waals surface area contributed by atoms with Crippen molar-refractivity contribution < 1.29 is 4.74 Å². The molecule has 4 rings (SSSR count). The molecule has 1 aliphatic rings. The molecule has 1 aromatic heterocycles. The number of hydrogen-bond donors (Lipinski definition) is 0. The lowest BCUT2D eigenvalue weighted by Crippen LogP contribution is -1.88. The SMILES string of the molecule is COc1ccccc1C=C1c2ccccc2-c2ncccc21. The Labute approximate surface area is 129 Å². The second-order valence-electron chi connectivity index (χ2n) is 5.25. The van der Waals surface area contributed by atoms with Crippen molar-refractivity contribution in [2.24, 2.45) is 0 Å². The Morgan fingerprint density at radius 3 is 2.41 bits per heavy atom. The van der Waals surface area contributed by atoms with Gasteiger partial charge in [0.1, 0.15) is 5.75 Å². The van der Waals surface area contributed by atoms with Crippen molar-refractivity contribution in [1.29, 1.82) is 0 Å². The van der Waals surface area contributed by atoms with Crippen LogP contribution in [0, 0.1) is 0 Å². The summed E-state index contributed by atoms with van der Waals surface area (Å²) in [5.41, 5.74) is 6.92. The third-order valence-electron chi connectivity index (χ3n) is 4.01. The summed E-state index contributed by atoms with van der Waals surface area (Å²) < 4.78 is 5.47. The first-order valence-electron chi connectivity index (χ1n) is 7.28. The van der Waals surface area contributed by atoms with E-state index in [1.54, 1.807) is 7.11 Å². The molecule has 0 bridgehead atoms.